The highest BCUT2D eigenvalue weighted by Crippen LogP contribution is 2.27. The smallest absolute Gasteiger partial charge is 0.298 e. The minimum Gasteiger partial charge on any atom is -0.423 e. The van der Waals surface area contributed by atoms with Crippen LogP contribution in [0.15, 0.2) is 22.6 Å². The Morgan fingerprint density at radius 2 is 1.82 bits per heavy atom. The minimum absolute atomic E-state index is 0.655. The Labute approximate surface area is 164 Å². The lowest BCUT2D eigenvalue weighted by Gasteiger charge is -2.34. The fourth-order valence-electron chi connectivity index (χ4n) is 3.77. The monoisotopic (exact) mass is 376 g/mol. The molecule has 0 unspecified atom stereocenters. The summed E-state index contributed by atoms with van der Waals surface area (Å²) < 4.78 is 5.93. The van der Waals surface area contributed by atoms with Crippen molar-refractivity contribution >= 4 is 22.9 Å². The van der Waals surface area contributed by atoms with Crippen LogP contribution in [-0.2, 0) is 12.8 Å². The second-order valence-electron chi connectivity index (χ2n) is 7.08. The fraction of sp³-hybridized carbons (Fsp3) is 0.429. The van der Waals surface area contributed by atoms with E-state index in [0.29, 0.717) is 17.4 Å². The van der Waals surface area contributed by atoms with Gasteiger partial charge in [-0.1, -0.05) is 19.9 Å². The molecule has 0 bridgehead atoms. The molecule has 0 saturated carbocycles. The molecule has 1 saturated heterocycles. The number of benzene rings is 1. The van der Waals surface area contributed by atoms with Gasteiger partial charge in [-0.3, -0.25) is 0 Å². The van der Waals surface area contributed by atoms with E-state index >= 15 is 0 Å². The molecule has 3 heterocycles. The highest BCUT2D eigenvalue weighted by molar-refractivity contribution is 5.75. The predicted molar refractivity (Wildman–Crippen MR) is 109 cm³/mol. The molecular weight excluding hydrogens is 352 g/mol. The number of aryl methyl sites for hydroxylation is 2. The average molecular weight is 376 g/mol. The van der Waals surface area contributed by atoms with E-state index in [1.807, 2.05) is 25.1 Å². The normalized spacial score (nSPS) is 14.5. The number of oxazole rings is 1. The molecule has 0 spiro atoms. The van der Waals surface area contributed by atoms with Gasteiger partial charge in [-0.25, -0.2) is 0 Å². The second kappa shape index (κ2) is 7.47. The summed E-state index contributed by atoms with van der Waals surface area (Å²) in [6, 6.07) is 9.05. The summed E-state index contributed by atoms with van der Waals surface area (Å²) in [5.74, 6) is 0.699. The van der Waals surface area contributed by atoms with Gasteiger partial charge in [0, 0.05) is 26.2 Å². The zero-order valence-corrected chi connectivity index (χ0v) is 16.6. The molecule has 0 N–H and O–H groups in total. The van der Waals surface area contributed by atoms with E-state index in [4.69, 9.17) is 4.42 Å². The summed E-state index contributed by atoms with van der Waals surface area (Å²) >= 11 is 0. The number of nitriles is 1. The maximum atomic E-state index is 9.73. The van der Waals surface area contributed by atoms with Gasteiger partial charge in [0.15, 0.2) is 11.4 Å². The first-order valence-corrected chi connectivity index (χ1v) is 9.80. The van der Waals surface area contributed by atoms with Crippen LogP contribution in [0, 0.1) is 18.3 Å². The number of piperazine rings is 1. The van der Waals surface area contributed by atoms with E-state index < -0.39 is 0 Å². The van der Waals surface area contributed by atoms with Gasteiger partial charge in [0.05, 0.1) is 5.69 Å². The third kappa shape index (κ3) is 3.15. The van der Waals surface area contributed by atoms with Crippen molar-refractivity contribution < 1.29 is 4.42 Å². The van der Waals surface area contributed by atoms with Gasteiger partial charge in [0.25, 0.3) is 6.01 Å². The number of nitrogens with zero attached hydrogens (tertiary/aromatic N) is 6. The molecule has 7 heteroatoms. The quantitative estimate of drug-likeness (QED) is 0.691. The molecule has 7 nitrogen and oxygen atoms in total. The van der Waals surface area contributed by atoms with E-state index in [0.717, 1.165) is 61.4 Å². The van der Waals surface area contributed by atoms with Crippen LogP contribution in [0.4, 0.5) is 11.8 Å². The summed E-state index contributed by atoms with van der Waals surface area (Å²) in [5.41, 5.74) is 5.47. The van der Waals surface area contributed by atoms with Crippen molar-refractivity contribution in [3.05, 3.63) is 40.6 Å². The van der Waals surface area contributed by atoms with Crippen molar-refractivity contribution in [3.8, 4) is 6.07 Å². The van der Waals surface area contributed by atoms with Gasteiger partial charge in [0.1, 0.15) is 17.1 Å². The van der Waals surface area contributed by atoms with Crippen molar-refractivity contribution in [3.63, 3.8) is 0 Å². The largest absolute Gasteiger partial charge is 0.423 e. The van der Waals surface area contributed by atoms with Gasteiger partial charge in [0.2, 0.25) is 0 Å². The third-order valence-electron chi connectivity index (χ3n) is 5.32. The SMILES string of the molecule is CCc1nnc(N2CCN(c3nc4cc(C)ccc4o3)CC2)c(C#N)c1CC. The summed E-state index contributed by atoms with van der Waals surface area (Å²) in [5, 5.41) is 18.5. The Bertz CT molecular complexity index is 1040. The number of aromatic nitrogens is 3. The Morgan fingerprint density at radius 1 is 1.07 bits per heavy atom. The van der Waals surface area contributed by atoms with Gasteiger partial charge in [-0.2, -0.15) is 15.3 Å². The number of fused-ring (bicyclic) bond motifs is 1. The standard InChI is InChI=1S/C21H24N6O/c1-4-15-16(13-22)20(25-24-17(15)5-2)26-8-10-27(11-9-26)21-23-18-12-14(3)6-7-19(18)28-21/h6-7,12H,4-5,8-11H2,1-3H3. The van der Waals surface area contributed by atoms with E-state index in [1.165, 1.54) is 5.56 Å². The lowest BCUT2D eigenvalue weighted by molar-refractivity contribution is 0.539. The van der Waals surface area contributed by atoms with Crippen LogP contribution in [0.2, 0.25) is 0 Å². The molecule has 144 valence electrons. The van der Waals surface area contributed by atoms with Crippen molar-refractivity contribution in [2.45, 2.75) is 33.6 Å². The van der Waals surface area contributed by atoms with E-state index in [-0.39, 0.29) is 0 Å². The van der Waals surface area contributed by atoms with Crippen LogP contribution in [0.5, 0.6) is 0 Å². The molecule has 1 fully saturated rings. The Hall–Kier alpha value is -3.14. The van der Waals surface area contributed by atoms with E-state index in [9.17, 15) is 5.26 Å². The van der Waals surface area contributed by atoms with Gasteiger partial charge in [-0.05, 0) is 43.0 Å². The fourth-order valence-corrected chi connectivity index (χ4v) is 3.77. The molecule has 4 rings (SSSR count). The first kappa shape index (κ1) is 18.2. The Kier molecular flexibility index (Phi) is 4.86. The van der Waals surface area contributed by atoms with Crippen molar-refractivity contribution in [2.24, 2.45) is 0 Å². The lowest BCUT2D eigenvalue weighted by Crippen LogP contribution is -2.47. The summed E-state index contributed by atoms with van der Waals surface area (Å²) in [6.07, 6.45) is 1.58. The maximum absolute atomic E-state index is 9.73. The van der Waals surface area contributed by atoms with Crippen LogP contribution in [-0.4, -0.2) is 41.4 Å². The molecule has 28 heavy (non-hydrogen) atoms. The van der Waals surface area contributed by atoms with Crippen LogP contribution < -0.4 is 9.80 Å². The molecule has 1 aromatic carbocycles. The molecule has 0 radical (unpaired) electrons. The van der Waals surface area contributed by atoms with E-state index in [2.05, 4.69) is 44.9 Å². The number of anilines is 2. The number of hydrogen-bond acceptors (Lipinski definition) is 7. The molecule has 3 aromatic rings. The highest BCUT2D eigenvalue weighted by atomic mass is 16.4. The zero-order chi connectivity index (χ0) is 19.7. The Balaban J connectivity index is 1.55. The highest BCUT2D eigenvalue weighted by Gasteiger charge is 2.25. The van der Waals surface area contributed by atoms with Gasteiger partial charge in [-0.15, -0.1) is 5.10 Å². The minimum atomic E-state index is 0.655. The summed E-state index contributed by atoms with van der Waals surface area (Å²) in [4.78, 5) is 8.93. The second-order valence-corrected chi connectivity index (χ2v) is 7.08. The molecule has 1 aliphatic rings. The van der Waals surface area contributed by atoms with Crippen LogP contribution in [0.3, 0.4) is 0 Å². The van der Waals surface area contributed by atoms with Gasteiger partial charge >= 0.3 is 0 Å². The van der Waals surface area contributed by atoms with Crippen LogP contribution in [0.25, 0.3) is 11.1 Å². The maximum Gasteiger partial charge on any atom is 0.298 e. The molecule has 0 atom stereocenters. The summed E-state index contributed by atoms with van der Waals surface area (Å²) in [6.45, 7) is 9.17. The number of hydrogen-bond donors (Lipinski definition) is 0. The summed E-state index contributed by atoms with van der Waals surface area (Å²) in [7, 11) is 0. The first-order valence-electron chi connectivity index (χ1n) is 9.80. The van der Waals surface area contributed by atoms with E-state index in [1.54, 1.807) is 0 Å². The molecule has 2 aromatic heterocycles. The van der Waals surface area contributed by atoms with Crippen LogP contribution in [0.1, 0.15) is 36.2 Å². The molecule has 1 aliphatic heterocycles. The van der Waals surface area contributed by atoms with Gasteiger partial charge < -0.3 is 14.2 Å². The zero-order valence-electron chi connectivity index (χ0n) is 16.6. The topological polar surface area (TPSA) is 82.1 Å². The lowest BCUT2D eigenvalue weighted by atomic mass is 10.0. The average Bonchev–Trinajstić information content (AvgIpc) is 3.15. The predicted octanol–water partition coefficient (Wildman–Crippen LogP) is 3.25. The van der Waals surface area contributed by atoms with Crippen molar-refractivity contribution in [1.29, 1.82) is 5.26 Å². The van der Waals surface area contributed by atoms with Crippen LogP contribution >= 0.6 is 0 Å². The molecular formula is C21H24N6O. The molecule has 0 aliphatic carbocycles. The Morgan fingerprint density at radius 3 is 2.50 bits per heavy atom. The number of rotatable bonds is 4. The van der Waals surface area contributed by atoms with Crippen molar-refractivity contribution in [1.82, 2.24) is 15.2 Å². The molecule has 0 amide bonds. The third-order valence-corrected chi connectivity index (χ3v) is 5.32. The van der Waals surface area contributed by atoms with Crippen molar-refractivity contribution in [2.75, 3.05) is 36.0 Å². The first-order chi connectivity index (χ1) is 13.6.